The van der Waals surface area contributed by atoms with Crippen LogP contribution in [-0.2, 0) is 25.1 Å². The molecule has 0 saturated carbocycles. The Balaban J connectivity index is 1.98. The molecule has 9 heteroatoms. The second kappa shape index (κ2) is 8.49. The van der Waals surface area contributed by atoms with E-state index in [9.17, 15) is 22.4 Å². The molecule has 0 fully saturated rings. The highest BCUT2D eigenvalue weighted by atomic mass is 35.5. The lowest BCUT2D eigenvalue weighted by molar-refractivity contribution is -0.123. The van der Waals surface area contributed by atoms with Gasteiger partial charge in [0.25, 0.3) is 5.91 Å². The minimum absolute atomic E-state index is 0.0170. The molecule has 2 aromatic carbocycles. The fraction of sp³-hybridized carbons (Fsp3) is 0.222. The topological polar surface area (TPSA) is 89.5 Å². The van der Waals surface area contributed by atoms with Gasteiger partial charge in [-0.3, -0.25) is 4.79 Å². The van der Waals surface area contributed by atoms with Crippen LogP contribution in [0.2, 0.25) is 5.02 Å². The van der Waals surface area contributed by atoms with Gasteiger partial charge in [-0.2, -0.15) is 0 Å². The Morgan fingerprint density at radius 3 is 2.37 bits per heavy atom. The summed E-state index contributed by atoms with van der Waals surface area (Å²) in [4.78, 5) is 24.2. The fourth-order valence-corrected chi connectivity index (χ4v) is 3.16. The molecule has 0 aliphatic rings. The number of carbonyl (C=O) groups is 2. The molecule has 0 saturated heterocycles. The zero-order valence-electron chi connectivity index (χ0n) is 14.5. The van der Waals surface area contributed by atoms with E-state index < -0.39 is 33.6 Å². The van der Waals surface area contributed by atoms with E-state index in [2.05, 4.69) is 5.32 Å². The maximum atomic E-state index is 13.0. The molecule has 144 valence electrons. The van der Waals surface area contributed by atoms with Crippen LogP contribution in [0.4, 0.5) is 10.1 Å². The minimum Gasteiger partial charge on any atom is -0.449 e. The molecule has 27 heavy (non-hydrogen) atoms. The quantitative estimate of drug-likeness (QED) is 0.734. The Morgan fingerprint density at radius 2 is 1.81 bits per heavy atom. The summed E-state index contributed by atoms with van der Waals surface area (Å²) in [5.74, 6) is -2.06. The molecular formula is C18H17ClFNO5S. The zero-order chi connectivity index (χ0) is 20.2. The number of anilines is 1. The second-order valence-electron chi connectivity index (χ2n) is 5.93. The van der Waals surface area contributed by atoms with Crippen LogP contribution in [0.15, 0.2) is 42.5 Å². The maximum Gasteiger partial charge on any atom is 0.338 e. The van der Waals surface area contributed by atoms with Gasteiger partial charge in [0, 0.05) is 6.26 Å². The van der Waals surface area contributed by atoms with Crippen LogP contribution in [0, 0.1) is 5.82 Å². The van der Waals surface area contributed by atoms with E-state index in [0.29, 0.717) is 5.56 Å². The number of carbonyl (C=O) groups excluding carboxylic acids is 2. The van der Waals surface area contributed by atoms with Crippen molar-refractivity contribution in [1.29, 1.82) is 0 Å². The maximum absolute atomic E-state index is 13.0. The standard InChI is InChI=1S/C18H17ClFNO5S/c1-11(17(22)21-16-8-7-14(20)9-15(16)19)26-18(23)13-5-3-12(4-6-13)10-27(2,24)25/h3-9,11H,10H2,1-2H3,(H,21,22)/t11-/m0/s1. The summed E-state index contributed by atoms with van der Waals surface area (Å²) in [7, 11) is -3.18. The first-order valence-corrected chi connectivity index (χ1v) is 10.2. The van der Waals surface area contributed by atoms with Gasteiger partial charge in [0.15, 0.2) is 15.9 Å². The highest BCUT2D eigenvalue weighted by Crippen LogP contribution is 2.22. The smallest absolute Gasteiger partial charge is 0.338 e. The van der Waals surface area contributed by atoms with Gasteiger partial charge in [-0.05, 0) is 42.8 Å². The van der Waals surface area contributed by atoms with Gasteiger partial charge in [0.2, 0.25) is 0 Å². The first kappa shape index (κ1) is 20.9. The van der Waals surface area contributed by atoms with Crippen molar-refractivity contribution in [2.75, 3.05) is 11.6 Å². The van der Waals surface area contributed by atoms with Gasteiger partial charge in [-0.15, -0.1) is 0 Å². The number of halogens is 2. The van der Waals surface area contributed by atoms with Crippen LogP contribution in [0.1, 0.15) is 22.8 Å². The van der Waals surface area contributed by atoms with Crippen LogP contribution in [0.25, 0.3) is 0 Å². The highest BCUT2D eigenvalue weighted by molar-refractivity contribution is 7.89. The van der Waals surface area contributed by atoms with Gasteiger partial charge >= 0.3 is 5.97 Å². The molecule has 0 radical (unpaired) electrons. The molecule has 6 nitrogen and oxygen atoms in total. The molecule has 2 aromatic rings. The van der Waals surface area contributed by atoms with Gasteiger partial charge in [0.05, 0.1) is 22.0 Å². The summed E-state index contributed by atoms with van der Waals surface area (Å²) in [6, 6.07) is 9.32. The Bertz CT molecular complexity index is 960. The normalized spacial score (nSPS) is 12.3. The van der Waals surface area contributed by atoms with Gasteiger partial charge in [-0.1, -0.05) is 23.7 Å². The summed E-state index contributed by atoms with van der Waals surface area (Å²) < 4.78 is 40.6. The molecule has 0 aliphatic carbocycles. The number of esters is 1. The van der Waals surface area contributed by atoms with Crippen molar-refractivity contribution in [3.8, 4) is 0 Å². The van der Waals surface area contributed by atoms with Crippen LogP contribution in [0.5, 0.6) is 0 Å². The lowest BCUT2D eigenvalue weighted by Crippen LogP contribution is -2.30. The minimum atomic E-state index is -3.18. The number of ether oxygens (including phenoxy) is 1. The third-order valence-electron chi connectivity index (χ3n) is 3.46. The third kappa shape index (κ3) is 6.33. The molecule has 2 rings (SSSR count). The predicted molar refractivity (Wildman–Crippen MR) is 99.9 cm³/mol. The summed E-state index contributed by atoms with van der Waals surface area (Å²) in [5.41, 5.74) is 0.897. The van der Waals surface area contributed by atoms with Crippen LogP contribution in [0.3, 0.4) is 0 Å². The Labute approximate surface area is 161 Å². The molecule has 0 bridgehead atoms. The number of benzene rings is 2. The zero-order valence-corrected chi connectivity index (χ0v) is 16.1. The highest BCUT2D eigenvalue weighted by Gasteiger charge is 2.20. The van der Waals surface area contributed by atoms with Crippen LogP contribution in [-0.4, -0.2) is 32.7 Å². The van der Waals surface area contributed by atoms with Crippen molar-refractivity contribution in [2.45, 2.75) is 18.8 Å². The first-order valence-electron chi connectivity index (χ1n) is 7.79. The first-order chi connectivity index (χ1) is 12.5. The number of sulfone groups is 1. The average molecular weight is 414 g/mol. The lowest BCUT2D eigenvalue weighted by Gasteiger charge is -2.14. The van der Waals surface area contributed by atoms with Crippen molar-refractivity contribution >= 4 is 39.0 Å². The van der Waals surface area contributed by atoms with E-state index >= 15 is 0 Å². The summed E-state index contributed by atoms with van der Waals surface area (Å²) >= 11 is 5.84. The van der Waals surface area contributed by atoms with Crippen molar-refractivity contribution in [1.82, 2.24) is 0 Å². The van der Waals surface area contributed by atoms with E-state index in [1.54, 1.807) is 0 Å². The molecule has 0 aromatic heterocycles. The van der Waals surface area contributed by atoms with Crippen molar-refractivity contribution in [3.63, 3.8) is 0 Å². The average Bonchev–Trinajstić information content (AvgIpc) is 2.56. The second-order valence-corrected chi connectivity index (χ2v) is 8.48. The Kier molecular flexibility index (Phi) is 6.56. The van der Waals surface area contributed by atoms with Crippen LogP contribution >= 0.6 is 11.6 Å². The predicted octanol–water partition coefficient (Wildman–Crippen LogP) is 3.21. The van der Waals surface area contributed by atoms with Gasteiger partial charge in [-0.25, -0.2) is 17.6 Å². The van der Waals surface area contributed by atoms with E-state index in [0.717, 1.165) is 18.4 Å². The molecule has 0 aliphatic heterocycles. The number of hydrogen-bond acceptors (Lipinski definition) is 5. The van der Waals surface area contributed by atoms with Crippen LogP contribution < -0.4 is 5.32 Å². The number of rotatable bonds is 6. The van der Waals surface area contributed by atoms with Crippen molar-refractivity contribution < 1.29 is 27.1 Å². The van der Waals surface area contributed by atoms with Gasteiger partial charge < -0.3 is 10.1 Å². The Hall–Kier alpha value is -2.45. The molecular weight excluding hydrogens is 397 g/mol. The summed E-state index contributed by atoms with van der Waals surface area (Å²) in [6.07, 6.45) is -0.0163. The van der Waals surface area contributed by atoms with Gasteiger partial charge in [0.1, 0.15) is 5.82 Å². The van der Waals surface area contributed by atoms with E-state index in [1.807, 2.05) is 0 Å². The van der Waals surface area contributed by atoms with E-state index in [4.69, 9.17) is 16.3 Å². The summed E-state index contributed by atoms with van der Waals surface area (Å²) in [5, 5.41) is 2.46. The lowest BCUT2D eigenvalue weighted by atomic mass is 10.1. The SMILES string of the molecule is C[C@H](OC(=O)c1ccc(CS(C)(=O)=O)cc1)C(=O)Nc1ccc(F)cc1Cl. The molecule has 1 amide bonds. The summed E-state index contributed by atoms with van der Waals surface area (Å²) in [6.45, 7) is 1.38. The number of amides is 1. The molecule has 0 unspecified atom stereocenters. The fourth-order valence-electron chi connectivity index (χ4n) is 2.15. The van der Waals surface area contributed by atoms with Crippen molar-refractivity contribution in [3.05, 3.63) is 64.4 Å². The molecule has 1 N–H and O–H groups in total. The largest absolute Gasteiger partial charge is 0.449 e. The molecule has 0 heterocycles. The number of hydrogen-bond donors (Lipinski definition) is 1. The Morgan fingerprint density at radius 1 is 1.19 bits per heavy atom. The third-order valence-corrected chi connectivity index (χ3v) is 4.63. The number of nitrogens with one attached hydrogen (secondary N) is 1. The van der Waals surface area contributed by atoms with E-state index in [1.165, 1.54) is 37.3 Å². The van der Waals surface area contributed by atoms with E-state index in [-0.39, 0.29) is 22.0 Å². The monoisotopic (exact) mass is 413 g/mol. The molecule has 1 atom stereocenters. The molecule has 0 spiro atoms. The van der Waals surface area contributed by atoms with Crippen molar-refractivity contribution in [2.24, 2.45) is 0 Å².